The lowest BCUT2D eigenvalue weighted by atomic mass is 10.1. The number of para-hydroxylation sites is 1. The first-order chi connectivity index (χ1) is 11.6. The molecule has 1 aliphatic heterocycles. The fourth-order valence-electron chi connectivity index (χ4n) is 2.71. The van der Waals surface area contributed by atoms with Gasteiger partial charge in [0.15, 0.2) is 0 Å². The minimum absolute atomic E-state index is 0.0446. The third-order valence-electron chi connectivity index (χ3n) is 4.00. The Bertz CT molecular complexity index is 761. The van der Waals surface area contributed by atoms with E-state index in [1.165, 1.54) is 0 Å². The number of carbonyl (C=O) groups is 2. The summed E-state index contributed by atoms with van der Waals surface area (Å²) in [7, 11) is 1.59. The van der Waals surface area contributed by atoms with E-state index in [0.717, 1.165) is 15.9 Å². The van der Waals surface area contributed by atoms with Crippen LogP contribution in [0.25, 0.3) is 0 Å². The Labute approximate surface area is 148 Å². The number of halogens is 1. The average Bonchev–Trinajstić information content (AvgIpc) is 2.98. The summed E-state index contributed by atoms with van der Waals surface area (Å²) >= 11 is 3.45. The third kappa shape index (κ3) is 3.43. The molecule has 1 heterocycles. The van der Waals surface area contributed by atoms with Gasteiger partial charge in [0.25, 0.3) is 0 Å². The van der Waals surface area contributed by atoms with Crippen molar-refractivity contribution in [2.75, 3.05) is 23.9 Å². The lowest BCUT2D eigenvalue weighted by Gasteiger charge is -2.18. The van der Waals surface area contributed by atoms with Gasteiger partial charge in [0.1, 0.15) is 5.75 Å². The summed E-state index contributed by atoms with van der Waals surface area (Å²) in [5.74, 6) is 0.163. The quantitative estimate of drug-likeness (QED) is 0.872. The van der Waals surface area contributed by atoms with Crippen LogP contribution in [0.3, 0.4) is 0 Å². The first-order valence-corrected chi connectivity index (χ1v) is 8.37. The minimum Gasteiger partial charge on any atom is -0.497 e. The molecule has 0 aliphatic carbocycles. The van der Waals surface area contributed by atoms with E-state index in [1.54, 1.807) is 36.3 Å². The molecule has 2 amide bonds. The summed E-state index contributed by atoms with van der Waals surface area (Å²) in [5, 5.41) is 2.86. The summed E-state index contributed by atoms with van der Waals surface area (Å²) in [6.07, 6.45) is 0.212. The fraction of sp³-hybridized carbons (Fsp3) is 0.222. The molecular formula is C18H17BrN2O3. The number of methoxy groups -OCH3 is 1. The van der Waals surface area contributed by atoms with Crippen molar-refractivity contribution in [3.63, 3.8) is 0 Å². The summed E-state index contributed by atoms with van der Waals surface area (Å²) in [6, 6.07) is 14.6. The number of hydrogen-bond donors (Lipinski definition) is 1. The lowest BCUT2D eigenvalue weighted by Crippen LogP contribution is -2.28. The molecule has 24 heavy (non-hydrogen) atoms. The van der Waals surface area contributed by atoms with Gasteiger partial charge in [-0.3, -0.25) is 9.59 Å². The van der Waals surface area contributed by atoms with Crippen molar-refractivity contribution in [1.82, 2.24) is 0 Å². The molecule has 3 rings (SSSR count). The maximum absolute atomic E-state index is 12.4. The fourth-order valence-corrected chi connectivity index (χ4v) is 3.20. The summed E-state index contributed by atoms with van der Waals surface area (Å²) in [6.45, 7) is 0.378. The van der Waals surface area contributed by atoms with Crippen LogP contribution in [0.5, 0.6) is 5.75 Å². The Balaban J connectivity index is 1.68. The molecule has 2 aromatic carbocycles. The predicted molar refractivity (Wildman–Crippen MR) is 96.2 cm³/mol. The molecule has 0 bridgehead atoms. The van der Waals surface area contributed by atoms with Crippen LogP contribution in [0.4, 0.5) is 11.4 Å². The van der Waals surface area contributed by atoms with Crippen molar-refractivity contribution in [3.8, 4) is 5.75 Å². The predicted octanol–water partition coefficient (Wildman–Crippen LogP) is 3.45. The van der Waals surface area contributed by atoms with Crippen molar-refractivity contribution >= 4 is 39.1 Å². The van der Waals surface area contributed by atoms with Gasteiger partial charge in [-0.15, -0.1) is 0 Å². The van der Waals surface area contributed by atoms with Crippen LogP contribution in [-0.2, 0) is 9.59 Å². The van der Waals surface area contributed by atoms with E-state index in [4.69, 9.17) is 4.74 Å². The van der Waals surface area contributed by atoms with Crippen molar-refractivity contribution in [2.45, 2.75) is 6.42 Å². The van der Waals surface area contributed by atoms with Crippen LogP contribution < -0.4 is 15.0 Å². The number of carbonyl (C=O) groups excluding carboxylic acids is 2. The molecular weight excluding hydrogens is 372 g/mol. The number of benzene rings is 2. The largest absolute Gasteiger partial charge is 0.497 e. The first kappa shape index (κ1) is 16.5. The molecule has 5 nitrogen and oxygen atoms in total. The Morgan fingerprint density at radius 3 is 2.58 bits per heavy atom. The molecule has 1 aliphatic rings. The second-order valence-electron chi connectivity index (χ2n) is 5.57. The molecule has 1 N–H and O–H groups in total. The molecule has 2 aromatic rings. The number of hydrogen-bond acceptors (Lipinski definition) is 3. The minimum atomic E-state index is -0.369. The number of nitrogens with zero attached hydrogens (tertiary/aromatic N) is 1. The number of nitrogens with one attached hydrogen (secondary N) is 1. The van der Waals surface area contributed by atoms with E-state index in [1.807, 2.05) is 24.3 Å². The smallest absolute Gasteiger partial charge is 0.229 e. The van der Waals surface area contributed by atoms with E-state index in [-0.39, 0.29) is 24.2 Å². The maximum atomic E-state index is 12.4. The number of amides is 2. The van der Waals surface area contributed by atoms with Gasteiger partial charge < -0.3 is 15.0 Å². The third-order valence-corrected chi connectivity index (χ3v) is 4.67. The summed E-state index contributed by atoms with van der Waals surface area (Å²) in [5.41, 5.74) is 1.48. The maximum Gasteiger partial charge on any atom is 0.229 e. The second kappa shape index (κ2) is 7.05. The van der Waals surface area contributed by atoms with Gasteiger partial charge in [0.2, 0.25) is 11.8 Å². The van der Waals surface area contributed by atoms with Crippen molar-refractivity contribution in [2.24, 2.45) is 5.92 Å². The first-order valence-electron chi connectivity index (χ1n) is 7.58. The summed E-state index contributed by atoms with van der Waals surface area (Å²) in [4.78, 5) is 26.4. The highest BCUT2D eigenvalue weighted by Crippen LogP contribution is 2.31. The van der Waals surface area contributed by atoms with Crippen LogP contribution in [0.2, 0.25) is 0 Å². The second-order valence-corrected chi connectivity index (χ2v) is 6.43. The highest BCUT2D eigenvalue weighted by molar-refractivity contribution is 9.10. The highest BCUT2D eigenvalue weighted by atomic mass is 79.9. The van der Waals surface area contributed by atoms with Gasteiger partial charge in [-0.25, -0.2) is 0 Å². The highest BCUT2D eigenvalue weighted by Gasteiger charge is 2.35. The van der Waals surface area contributed by atoms with Gasteiger partial charge in [0.05, 0.1) is 18.7 Å². The Morgan fingerprint density at radius 1 is 1.21 bits per heavy atom. The van der Waals surface area contributed by atoms with Crippen LogP contribution in [0.15, 0.2) is 53.0 Å². The molecule has 0 aromatic heterocycles. The van der Waals surface area contributed by atoms with Gasteiger partial charge in [0, 0.05) is 23.1 Å². The normalized spacial score (nSPS) is 17.0. The van der Waals surface area contributed by atoms with Gasteiger partial charge in [-0.1, -0.05) is 12.1 Å². The lowest BCUT2D eigenvalue weighted by molar-refractivity contribution is -0.122. The van der Waals surface area contributed by atoms with Gasteiger partial charge >= 0.3 is 0 Å². The Hall–Kier alpha value is -2.34. The SMILES string of the molecule is COc1ccc(NC(=O)C2CC(=O)N(c3ccccc3Br)C2)cc1. The van der Waals surface area contributed by atoms with Crippen molar-refractivity contribution in [1.29, 1.82) is 0 Å². The summed E-state index contributed by atoms with van der Waals surface area (Å²) < 4.78 is 5.94. The standard InChI is InChI=1S/C18H17BrN2O3/c1-24-14-8-6-13(7-9-14)20-18(23)12-10-17(22)21(11-12)16-5-3-2-4-15(16)19/h2-9,12H,10-11H2,1H3,(H,20,23). The molecule has 1 fully saturated rings. The van der Waals surface area contributed by atoms with E-state index >= 15 is 0 Å². The molecule has 1 atom stereocenters. The van der Waals surface area contributed by atoms with Crippen molar-refractivity contribution < 1.29 is 14.3 Å². The molecule has 0 radical (unpaired) electrons. The van der Waals surface area contributed by atoms with E-state index in [2.05, 4.69) is 21.2 Å². The number of ether oxygens (including phenoxy) is 1. The van der Waals surface area contributed by atoms with Crippen LogP contribution in [0, 0.1) is 5.92 Å². The molecule has 0 spiro atoms. The van der Waals surface area contributed by atoms with E-state index in [0.29, 0.717) is 12.2 Å². The van der Waals surface area contributed by atoms with E-state index < -0.39 is 0 Å². The van der Waals surface area contributed by atoms with Crippen LogP contribution >= 0.6 is 15.9 Å². The monoisotopic (exact) mass is 388 g/mol. The Kier molecular flexibility index (Phi) is 4.85. The van der Waals surface area contributed by atoms with Gasteiger partial charge in [-0.05, 0) is 52.3 Å². The molecule has 124 valence electrons. The molecule has 1 saturated heterocycles. The van der Waals surface area contributed by atoms with Crippen LogP contribution in [0.1, 0.15) is 6.42 Å². The Morgan fingerprint density at radius 2 is 1.92 bits per heavy atom. The van der Waals surface area contributed by atoms with Gasteiger partial charge in [-0.2, -0.15) is 0 Å². The molecule has 6 heteroatoms. The van der Waals surface area contributed by atoms with Crippen LogP contribution in [-0.4, -0.2) is 25.5 Å². The molecule has 0 saturated carbocycles. The van der Waals surface area contributed by atoms with E-state index in [9.17, 15) is 9.59 Å². The van der Waals surface area contributed by atoms with Crippen molar-refractivity contribution in [3.05, 3.63) is 53.0 Å². The number of anilines is 2. The number of rotatable bonds is 4. The zero-order chi connectivity index (χ0) is 17.1. The zero-order valence-electron chi connectivity index (χ0n) is 13.2. The average molecular weight is 389 g/mol. The topological polar surface area (TPSA) is 58.6 Å². The zero-order valence-corrected chi connectivity index (χ0v) is 14.7. The molecule has 1 unspecified atom stereocenters.